The lowest BCUT2D eigenvalue weighted by atomic mass is 9.69. The number of hydrogen-bond donors (Lipinski definition) is 2. The van der Waals surface area contributed by atoms with E-state index in [2.05, 4.69) is 26.1 Å². The Morgan fingerprint density at radius 1 is 1.19 bits per heavy atom. The first-order valence-corrected chi connectivity index (χ1v) is 11.9. The van der Waals surface area contributed by atoms with E-state index in [1.54, 1.807) is 0 Å². The summed E-state index contributed by atoms with van der Waals surface area (Å²) in [5.74, 6) is -2.92. The molecule has 1 aromatic rings. The number of rotatable bonds is 6. The molecule has 1 amide bonds. The second kappa shape index (κ2) is 8.20. The van der Waals surface area contributed by atoms with Gasteiger partial charge in [0.05, 0.1) is 36.7 Å². The molecule has 0 aromatic carbocycles. The fourth-order valence-corrected chi connectivity index (χ4v) is 6.79. The zero-order chi connectivity index (χ0) is 22.5. The second-order valence-electron chi connectivity index (χ2n) is 9.65. The Balaban J connectivity index is 1.62. The van der Waals surface area contributed by atoms with Crippen LogP contribution in [-0.2, 0) is 31.9 Å². The van der Waals surface area contributed by atoms with Crippen molar-refractivity contribution in [2.24, 2.45) is 23.2 Å². The number of carbonyl (C=O) groups is 3. The molecule has 2 fully saturated rings. The van der Waals surface area contributed by atoms with Gasteiger partial charge in [-0.3, -0.25) is 9.59 Å². The average Bonchev–Trinajstić information content (AvgIpc) is 3.44. The predicted molar refractivity (Wildman–Crippen MR) is 116 cm³/mol. The molecule has 1 aliphatic carbocycles. The molecule has 3 heterocycles. The third kappa shape index (κ3) is 3.78. The molecular formula is C23H31NO6S. The van der Waals surface area contributed by atoms with Crippen LogP contribution in [0.3, 0.4) is 0 Å². The number of carbonyl (C=O) groups excluding carboxylic acids is 2. The fourth-order valence-electron chi connectivity index (χ4n) is 5.47. The van der Waals surface area contributed by atoms with Crippen molar-refractivity contribution in [1.82, 2.24) is 0 Å². The molecule has 4 rings (SSSR count). The first-order valence-electron chi connectivity index (χ1n) is 11.1. The van der Waals surface area contributed by atoms with Gasteiger partial charge >= 0.3 is 11.9 Å². The number of nitrogens with one attached hydrogen (secondary N) is 1. The molecule has 2 N–H and O–H groups in total. The molecule has 8 heteroatoms. The number of methoxy groups -OCH3 is 1. The average molecular weight is 450 g/mol. The molecule has 0 saturated carbocycles. The van der Waals surface area contributed by atoms with Gasteiger partial charge in [0.25, 0.3) is 0 Å². The monoisotopic (exact) mass is 449 g/mol. The van der Waals surface area contributed by atoms with E-state index >= 15 is 0 Å². The Bertz CT molecular complexity index is 906. The van der Waals surface area contributed by atoms with E-state index in [0.29, 0.717) is 29.3 Å². The predicted octanol–water partition coefficient (Wildman–Crippen LogP) is 3.89. The quantitative estimate of drug-likeness (QED) is 0.639. The summed E-state index contributed by atoms with van der Waals surface area (Å²) in [6, 6.07) is 0. The van der Waals surface area contributed by atoms with Crippen LogP contribution in [0.5, 0.6) is 0 Å². The molecule has 31 heavy (non-hydrogen) atoms. The van der Waals surface area contributed by atoms with E-state index in [9.17, 15) is 19.5 Å². The molecule has 170 valence electrons. The summed E-state index contributed by atoms with van der Waals surface area (Å²) in [6.07, 6.45) is 4.27. The topological polar surface area (TPSA) is 102 Å². The number of amides is 1. The molecule has 7 nitrogen and oxygen atoms in total. The van der Waals surface area contributed by atoms with E-state index in [0.717, 1.165) is 36.1 Å². The van der Waals surface area contributed by atoms with Crippen molar-refractivity contribution in [2.75, 3.05) is 12.4 Å². The maximum absolute atomic E-state index is 13.2. The smallest absolute Gasteiger partial charge is 0.341 e. The zero-order valence-corrected chi connectivity index (χ0v) is 19.3. The number of ether oxygens (including phenoxy) is 2. The molecule has 5 unspecified atom stereocenters. The molecule has 1 aromatic heterocycles. The Labute approximate surface area is 186 Å². The molecule has 0 radical (unpaired) electrons. The lowest BCUT2D eigenvalue weighted by Crippen LogP contribution is -2.41. The first kappa shape index (κ1) is 22.3. The van der Waals surface area contributed by atoms with Crippen molar-refractivity contribution in [3.63, 3.8) is 0 Å². The van der Waals surface area contributed by atoms with Crippen LogP contribution < -0.4 is 5.32 Å². The van der Waals surface area contributed by atoms with Crippen molar-refractivity contribution in [3.8, 4) is 0 Å². The Kier molecular flexibility index (Phi) is 5.89. The second-order valence-corrected chi connectivity index (χ2v) is 10.8. The SMILES string of the molecule is CCC(C)(C)C1CCc2c(sc(NC(=O)C3C4CCC(O4)C3C(=O)O)c2C(=O)OC)C1. The van der Waals surface area contributed by atoms with Crippen LogP contribution in [0.25, 0.3) is 0 Å². The third-order valence-corrected chi connectivity index (χ3v) is 8.94. The number of fused-ring (bicyclic) bond motifs is 3. The highest BCUT2D eigenvalue weighted by atomic mass is 32.1. The van der Waals surface area contributed by atoms with Gasteiger partial charge in [-0.2, -0.15) is 0 Å². The number of thiophene rings is 1. The largest absolute Gasteiger partial charge is 0.481 e. The van der Waals surface area contributed by atoms with Gasteiger partial charge in [-0.05, 0) is 49.0 Å². The van der Waals surface area contributed by atoms with Gasteiger partial charge in [0.15, 0.2) is 0 Å². The number of carboxylic acids is 1. The van der Waals surface area contributed by atoms with Crippen LogP contribution in [0.15, 0.2) is 0 Å². The molecule has 2 aliphatic heterocycles. The van der Waals surface area contributed by atoms with Crippen molar-refractivity contribution in [1.29, 1.82) is 0 Å². The van der Waals surface area contributed by atoms with E-state index in [1.807, 2.05) is 0 Å². The van der Waals surface area contributed by atoms with E-state index in [1.165, 1.54) is 18.4 Å². The standard InChI is InChI=1S/C23H31NO6S/c1-5-23(2,3)11-6-7-12-15(10-11)31-20(16(12)22(28)29-4)24-19(25)17-13-8-9-14(30-13)18(17)21(26)27/h11,13-14,17-18H,5-10H2,1-4H3,(H,24,25)(H,26,27). The van der Waals surface area contributed by atoms with Gasteiger partial charge in [0.1, 0.15) is 5.00 Å². The van der Waals surface area contributed by atoms with Crippen molar-refractivity contribution >= 4 is 34.2 Å². The maximum atomic E-state index is 13.2. The number of aliphatic carboxylic acids is 1. The van der Waals surface area contributed by atoms with Gasteiger partial charge in [-0.15, -0.1) is 11.3 Å². The fraction of sp³-hybridized carbons (Fsp3) is 0.696. The molecule has 5 atom stereocenters. The van der Waals surface area contributed by atoms with Crippen LogP contribution in [0.2, 0.25) is 0 Å². The third-order valence-electron chi connectivity index (χ3n) is 7.77. The summed E-state index contributed by atoms with van der Waals surface area (Å²) in [7, 11) is 1.34. The number of esters is 1. The van der Waals surface area contributed by atoms with Gasteiger partial charge in [-0.25, -0.2) is 4.79 Å². The van der Waals surface area contributed by atoms with Gasteiger partial charge in [-0.1, -0.05) is 27.2 Å². The summed E-state index contributed by atoms with van der Waals surface area (Å²) in [6.45, 7) is 6.76. The minimum atomic E-state index is -1.00. The summed E-state index contributed by atoms with van der Waals surface area (Å²) < 4.78 is 10.8. The summed E-state index contributed by atoms with van der Waals surface area (Å²) >= 11 is 1.43. The van der Waals surface area contributed by atoms with Crippen molar-refractivity contribution in [3.05, 3.63) is 16.0 Å². The van der Waals surface area contributed by atoms with E-state index < -0.39 is 29.9 Å². The minimum Gasteiger partial charge on any atom is -0.481 e. The minimum absolute atomic E-state index is 0.200. The Morgan fingerprint density at radius 3 is 2.48 bits per heavy atom. The van der Waals surface area contributed by atoms with Crippen LogP contribution >= 0.6 is 11.3 Å². The lowest BCUT2D eigenvalue weighted by molar-refractivity contribution is -0.147. The lowest BCUT2D eigenvalue weighted by Gasteiger charge is -2.36. The highest BCUT2D eigenvalue weighted by Gasteiger charge is 2.55. The van der Waals surface area contributed by atoms with Gasteiger partial charge < -0.3 is 19.9 Å². The van der Waals surface area contributed by atoms with Gasteiger partial charge in [0, 0.05) is 4.88 Å². The van der Waals surface area contributed by atoms with Crippen LogP contribution in [-0.4, -0.2) is 42.3 Å². The highest BCUT2D eigenvalue weighted by Crippen LogP contribution is 2.47. The molecule has 2 bridgehead atoms. The highest BCUT2D eigenvalue weighted by molar-refractivity contribution is 7.17. The Hall–Kier alpha value is -1.93. The van der Waals surface area contributed by atoms with Crippen molar-refractivity contribution in [2.45, 2.75) is 71.5 Å². The van der Waals surface area contributed by atoms with Crippen LogP contribution in [0, 0.1) is 23.2 Å². The zero-order valence-electron chi connectivity index (χ0n) is 18.5. The molecular weight excluding hydrogens is 418 g/mol. The van der Waals surface area contributed by atoms with E-state index in [-0.39, 0.29) is 17.4 Å². The normalized spacial score (nSPS) is 29.5. The van der Waals surface area contributed by atoms with Crippen molar-refractivity contribution < 1.29 is 29.0 Å². The van der Waals surface area contributed by atoms with E-state index in [4.69, 9.17) is 9.47 Å². The molecule has 0 spiro atoms. The number of carboxylic acid groups (broad SMARTS) is 1. The van der Waals surface area contributed by atoms with Crippen LogP contribution in [0.4, 0.5) is 5.00 Å². The first-order chi connectivity index (χ1) is 14.7. The maximum Gasteiger partial charge on any atom is 0.341 e. The summed E-state index contributed by atoms with van der Waals surface area (Å²) in [4.78, 5) is 38.7. The van der Waals surface area contributed by atoms with Gasteiger partial charge in [0.2, 0.25) is 5.91 Å². The molecule has 3 aliphatic rings. The summed E-state index contributed by atoms with van der Waals surface area (Å²) in [5, 5.41) is 13.0. The van der Waals surface area contributed by atoms with Crippen LogP contribution in [0.1, 0.15) is 67.3 Å². The molecule has 2 saturated heterocycles. The number of hydrogen-bond acceptors (Lipinski definition) is 6. The Morgan fingerprint density at radius 2 is 1.87 bits per heavy atom. The number of anilines is 1. The summed E-state index contributed by atoms with van der Waals surface area (Å²) in [5.41, 5.74) is 1.60.